The van der Waals surface area contributed by atoms with E-state index in [4.69, 9.17) is 9.47 Å². The first-order chi connectivity index (χ1) is 6.90. The van der Waals surface area contributed by atoms with Gasteiger partial charge in [0.25, 0.3) is 0 Å². The van der Waals surface area contributed by atoms with Gasteiger partial charge in [-0.1, -0.05) is 13.8 Å². The Morgan fingerprint density at radius 1 is 1.25 bits per heavy atom. The van der Waals surface area contributed by atoms with Gasteiger partial charge in [-0.05, 0) is 6.42 Å². The van der Waals surface area contributed by atoms with Gasteiger partial charge >= 0.3 is 35.5 Å². The third-order valence-corrected chi connectivity index (χ3v) is 2.06. The molecule has 0 aromatic carbocycles. The maximum absolute atomic E-state index is 11.1. The number of hydrogen-bond acceptors (Lipinski definition) is 5. The van der Waals surface area contributed by atoms with Gasteiger partial charge in [-0.2, -0.15) is 0 Å². The molecule has 0 spiro atoms. The van der Waals surface area contributed by atoms with Crippen molar-refractivity contribution in [1.82, 2.24) is 0 Å². The molecular weight excluding hydrogens is 223 g/mol. The Balaban J connectivity index is 0. The van der Waals surface area contributed by atoms with Crippen molar-refractivity contribution in [3.63, 3.8) is 0 Å². The molecule has 0 aromatic heterocycles. The van der Waals surface area contributed by atoms with Gasteiger partial charge in [0, 0.05) is 24.9 Å². The van der Waals surface area contributed by atoms with Gasteiger partial charge in [0.15, 0.2) is 0 Å². The number of hydrogen-bond donors (Lipinski definition) is 0. The molecule has 5 nitrogen and oxygen atoms in total. The number of carbonyl (C=O) groups excluding carboxylic acids is 2. The summed E-state index contributed by atoms with van der Waals surface area (Å²) in [5.74, 6) is -1.58. The molecule has 0 fully saturated rings. The summed E-state index contributed by atoms with van der Waals surface area (Å²) >= 11 is 0. The predicted octanol–water partition coefficient (Wildman–Crippen LogP) is -3.26. The van der Waals surface area contributed by atoms with Crippen LogP contribution in [0.1, 0.15) is 26.7 Å². The SMILES string of the molecule is COCCOC(=O)CCC(C)(C)C(=O)[O-].[Na+]. The maximum atomic E-state index is 11.1. The minimum Gasteiger partial charge on any atom is -0.550 e. The van der Waals surface area contributed by atoms with Crippen molar-refractivity contribution in [2.75, 3.05) is 20.3 Å². The standard InChI is InChI=1S/C10H18O5.Na/c1-10(2,9(12)13)5-4-8(11)15-7-6-14-3;/h4-7H2,1-3H3,(H,12,13);/q;+1/p-1. The minimum atomic E-state index is -1.16. The monoisotopic (exact) mass is 240 g/mol. The van der Waals surface area contributed by atoms with E-state index in [0.29, 0.717) is 6.61 Å². The van der Waals surface area contributed by atoms with Crippen LogP contribution in [-0.2, 0) is 19.1 Å². The van der Waals surface area contributed by atoms with Crippen LogP contribution in [-0.4, -0.2) is 32.3 Å². The number of carboxylic acid groups (broad SMARTS) is 1. The van der Waals surface area contributed by atoms with Crippen LogP contribution < -0.4 is 34.7 Å². The fourth-order valence-corrected chi connectivity index (χ4v) is 0.828. The molecule has 0 radical (unpaired) electrons. The van der Waals surface area contributed by atoms with Crippen molar-refractivity contribution < 1.29 is 53.7 Å². The molecule has 0 rings (SSSR count). The van der Waals surface area contributed by atoms with Gasteiger partial charge in [0.2, 0.25) is 0 Å². The first kappa shape index (κ1) is 18.3. The van der Waals surface area contributed by atoms with Crippen LogP contribution in [0.2, 0.25) is 0 Å². The van der Waals surface area contributed by atoms with Crippen LogP contribution >= 0.6 is 0 Å². The Kier molecular flexibility index (Phi) is 10.3. The van der Waals surface area contributed by atoms with E-state index < -0.39 is 17.4 Å². The molecule has 0 amide bonds. The largest absolute Gasteiger partial charge is 1.00 e. The van der Waals surface area contributed by atoms with Crippen LogP contribution in [0.15, 0.2) is 0 Å². The van der Waals surface area contributed by atoms with Crippen molar-refractivity contribution in [3.05, 3.63) is 0 Å². The molecular formula is C10H17NaO5. The van der Waals surface area contributed by atoms with Crippen molar-refractivity contribution in [2.24, 2.45) is 5.41 Å². The number of carboxylic acids is 1. The summed E-state index contributed by atoms with van der Waals surface area (Å²) in [6.45, 7) is 3.58. The van der Waals surface area contributed by atoms with Gasteiger partial charge < -0.3 is 19.4 Å². The zero-order valence-corrected chi connectivity index (χ0v) is 12.4. The normalized spacial score (nSPS) is 10.4. The molecule has 0 heterocycles. The molecule has 0 unspecified atom stereocenters. The summed E-state index contributed by atoms with van der Waals surface area (Å²) in [6, 6.07) is 0. The fraction of sp³-hybridized carbons (Fsp3) is 0.800. The Morgan fingerprint density at radius 3 is 2.25 bits per heavy atom. The first-order valence-electron chi connectivity index (χ1n) is 4.76. The molecule has 0 aliphatic carbocycles. The molecule has 0 N–H and O–H groups in total. The Hall–Kier alpha value is -0.100. The number of aliphatic carboxylic acids is 1. The Morgan fingerprint density at radius 2 is 1.81 bits per heavy atom. The first-order valence-corrected chi connectivity index (χ1v) is 4.76. The molecule has 0 saturated heterocycles. The second kappa shape index (κ2) is 8.98. The molecule has 88 valence electrons. The molecule has 16 heavy (non-hydrogen) atoms. The van der Waals surface area contributed by atoms with Gasteiger partial charge in [0.05, 0.1) is 6.61 Å². The zero-order valence-electron chi connectivity index (χ0n) is 10.4. The number of methoxy groups -OCH3 is 1. The van der Waals surface area contributed by atoms with E-state index in [1.165, 1.54) is 21.0 Å². The number of esters is 1. The van der Waals surface area contributed by atoms with E-state index in [1.807, 2.05) is 0 Å². The third kappa shape index (κ3) is 8.10. The number of rotatable bonds is 7. The summed E-state index contributed by atoms with van der Waals surface area (Å²) in [4.78, 5) is 21.7. The van der Waals surface area contributed by atoms with Gasteiger partial charge in [0.1, 0.15) is 6.61 Å². The van der Waals surface area contributed by atoms with Crippen molar-refractivity contribution in [2.45, 2.75) is 26.7 Å². The molecule has 0 atom stereocenters. The second-order valence-corrected chi connectivity index (χ2v) is 3.88. The molecule has 0 aliphatic rings. The quantitative estimate of drug-likeness (QED) is 0.265. The van der Waals surface area contributed by atoms with E-state index >= 15 is 0 Å². The summed E-state index contributed by atoms with van der Waals surface area (Å²) in [6.07, 6.45) is 0.284. The smallest absolute Gasteiger partial charge is 0.550 e. The van der Waals surface area contributed by atoms with Gasteiger partial charge in [-0.25, -0.2) is 0 Å². The summed E-state index contributed by atoms with van der Waals surface area (Å²) in [5.41, 5.74) is -1.000. The predicted molar refractivity (Wildman–Crippen MR) is 50.9 cm³/mol. The third-order valence-electron chi connectivity index (χ3n) is 2.06. The van der Waals surface area contributed by atoms with Crippen LogP contribution in [0, 0.1) is 5.41 Å². The molecule has 6 heteroatoms. The average molecular weight is 240 g/mol. The van der Waals surface area contributed by atoms with Crippen LogP contribution in [0.25, 0.3) is 0 Å². The van der Waals surface area contributed by atoms with Crippen molar-refractivity contribution in [3.8, 4) is 0 Å². The summed E-state index contributed by atoms with van der Waals surface area (Å²) in [7, 11) is 1.51. The van der Waals surface area contributed by atoms with E-state index in [1.54, 1.807) is 0 Å². The van der Waals surface area contributed by atoms with Crippen molar-refractivity contribution in [1.29, 1.82) is 0 Å². The van der Waals surface area contributed by atoms with E-state index in [9.17, 15) is 14.7 Å². The average Bonchev–Trinajstić information content (AvgIpc) is 2.15. The van der Waals surface area contributed by atoms with Crippen LogP contribution in [0.4, 0.5) is 0 Å². The summed E-state index contributed by atoms with van der Waals surface area (Å²) < 4.78 is 9.47. The van der Waals surface area contributed by atoms with Gasteiger partial charge in [-0.15, -0.1) is 0 Å². The van der Waals surface area contributed by atoms with Crippen LogP contribution in [0.5, 0.6) is 0 Å². The Labute approximate surface area is 118 Å². The van der Waals surface area contributed by atoms with Crippen molar-refractivity contribution >= 4 is 11.9 Å². The van der Waals surface area contributed by atoms with Gasteiger partial charge in [-0.3, -0.25) is 4.79 Å². The minimum absolute atomic E-state index is 0. The maximum Gasteiger partial charge on any atom is 1.00 e. The number of ether oxygens (including phenoxy) is 2. The fourth-order valence-electron chi connectivity index (χ4n) is 0.828. The van der Waals surface area contributed by atoms with E-state index in [2.05, 4.69) is 0 Å². The Bertz CT molecular complexity index is 227. The molecule has 0 saturated carbocycles. The topological polar surface area (TPSA) is 75.7 Å². The molecule has 0 aliphatic heterocycles. The molecule has 0 aromatic rings. The van der Waals surface area contributed by atoms with E-state index in [0.717, 1.165) is 0 Å². The van der Waals surface area contributed by atoms with E-state index in [-0.39, 0.29) is 49.0 Å². The zero-order chi connectivity index (χ0) is 11.9. The van der Waals surface area contributed by atoms with Crippen LogP contribution in [0.3, 0.4) is 0 Å². The molecule has 0 bridgehead atoms. The summed E-state index contributed by atoms with van der Waals surface area (Å²) in [5, 5.41) is 10.6. The second-order valence-electron chi connectivity index (χ2n) is 3.88. The number of carbonyl (C=O) groups is 2.